The van der Waals surface area contributed by atoms with Crippen LogP contribution in [-0.4, -0.2) is 55.1 Å². The van der Waals surface area contributed by atoms with Gasteiger partial charge < -0.3 is 14.4 Å². The lowest BCUT2D eigenvalue weighted by Gasteiger charge is -2.27. The minimum Gasteiger partial charge on any atom is -0.494 e. The van der Waals surface area contributed by atoms with Crippen molar-refractivity contribution in [2.45, 2.75) is 32.1 Å². The van der Waals surface area contributed by atoms with Gasteiger partial charge in [-0.05, 0) is 48.2 Å². The van der Waals surface area contributed by atoms with Gasteiger partial charge in [0.05, 0.1) is 18.2 Å². The maximum atomic E-state index is 6.47. The molecule has 0 N–H and O–H groups in total. The molecule has 1 aliphatic heterocycles. The SMILES string of the molecule is CC(C)(c1ccc(OCCCN2CCSCC2)cc1)c1ccc(OCCCCl)c(Cl)c1. The second-order valence-electron chi connectivity index (χ2n) is 8.34. The van der Waals surface area contributed by atoms with Gasteiger partial charge in [-0.15, -0.1) is 11.6 Å². The molecule has 0 radical (unpaired) electrons. The zero-order chi connectivity index (χ0) is 22.1. The van der Waals surface area contributed by atoms with E-state index in [1.165, 1.54) is 30.2 Å². The summed E-state index contributed by atoms with van der Waals surface area (Å²) in [6, 6.07) is 14.5. The summed E-state index contributed by atoms with van der Waals surface area (Å²) in [7, 11) is 0. The molecule has 0 unspecified atom stereocenters. The molecule has 31 heavy (non-hydrogen) atoms. The highest BCUT2D eigenvalue weighted by Crippen LogP contribution is 2.36. The van der Waals surface area contributed by atoms with Gasteiger partial charge in [0.15, 0.2) is 0 Å². The predicted molar refractivity (Wildman–Crippen MR) is 135 cm³/mol. The van der Waals surface area contributed by atoms with E-state index in [1.54, 1.807) is 0 Å². The molecule has 3 nitrogen and oxygen atoms in total. The lowest BCUT2D eigenvalue weighted by atomic mass is 9.78. The van der Waals surface area contributed by atoms with Crippen LogP contribution in [0.2, 0.25) is 5.02 Å². The van der Waals surface area contributed by atoms with E-state index in [0.717, 1.165) is 37.3 Å². The Hall–Kier alpha value is -1.07. The largest absolute Gasteiger partial charge is 0.494 e. The van der Waals surface area contributed by atoms with Gasteiger partial charge >= 0.3 is 0 Å². The van der Waals surface area contributed by atoms with E-state index in [-0.39, 0.29) is 5.41 Å². The van der Waals surface area contributed by atoms with Gasteiger partial charge in [0.2, 0.25) is 0 Å². The van der Waals surface area contributed by atoms with Crippen LogP contribution < -0.4 is 9.47 Å². The molecule has 3 rings (SSSR count). The van der Waals surface area contributed by atoms with Crippen LogP contribution in [0.5, 0.6) is 11.5 Å². The molecule has 2 aromatic rings. The minimum absolute atomic E-state index is 0.177. The van der Waals surface area contributed by atoms with Crippen molar-refractivity contribution in [1.29, 1.82) is 0 Å². The third-order valence-electron chi connectivity index (χ3n) is 5.76. The van der Waals surface area contributed by atoms with Gasteiger partial charge in [-0.3, -0.25) is 0 Å². The Bertz CT molecular complexity index is 808. The average Bonchev–Trinajstić information content (AvgIpc) is 2.79. The number of benzene rings is 2. The van der Waals surface area contributed by atoms with Crippen molar-refractivity contribution in [2.75, 3.05) is 50.2 Å². The number of rotatable bonds is 11. The summed E-state index contributed by atoms with van der Waals surface area (Å²) in [5.41, 5.74) is 2.19. The second-order valence-corrected chi connectivity index (χ2v) is 10.4. The van der Waals surface area contributed by atoms with Gasteiger partial charge in [0, 0.05) is 42.4 Å². The molecule has 1 heterocycles. The zero-order valence-electron chi connectivity index (χ0n) is 18.5. The minimum atomic E-state index is -0.177. The molecular formula is C25H33Cl2NO2S. The summed E-state index contributed by atoms with van der Waals surface area (Å²) >= 11 is 14.2. The fourth-order valence-electron chi connectivity index (χ4n) is 3.68. The zero-order valence-corrected chi connectivity index (χ0v) is 20.9. The standard InChI is InChI=1S/C25H33Cl2NO2S/c1-25(2,21-7-10-24(23(27)19-21)30-15-3-11-26)20-5-8-22(9-6-20)29-16-4-12-28-13-17-31-18-14-28/h5-10,19H,3-4,11-18H2,1-2H3. The van der Waals surface area contributed by atoms with Gasteiger partial charge in [0.25, 0.3) is 0 Å². The number of nitrogens with zero attached hydrogens (tertiary/aromatic N) is 1. The van der Waals surface area contributed by atoms with Crippen LogP contribution in [-0.2, 0) is 5.41 Å². The van der Waals surface area contributed by atoms with Gasteiger partial charge in [-0.25, -0.2) is 0 Å². The molecule has 0 saturated carbocycles. The molecular weight excluding hydrogens is 449 g/mol. The Kier molecular flexibility index (Phi) is 9.71. The first-order chi connectivity index (χ1) is 15.0. The molecule has 6 heteroatoms. The van der Waals surface area contributed by atoms with E-state index < -0.39 is 0 Å². The van der Waals surface area contributed by atoms with E-state index in [4.69, 9.17) is 32.7 Å². The molecule has 1 saturated heterocycles. The van der Waals surface area contributed by atoms with Crippen molar-refractivity contribution in [3.63, 3.8) is 0 Å². The van der Waals surface area contributed by atoms with Crippen LogP contribution in [0.15, 0.2) is 42.5 Å². The van der Waals surface area contributed by atoms with Crippen LogP contribution in [0.1, 0.15) is 37.8 Å². The van der Waals surface area contributed by atoms with Crippen molar-refractivity contribution in [1.82, 2.24) is 4.90 Å². The molecule has 1 fully saturated rings. The summed E-state index contributed by atoms with van der Waals surface area (Å²) in [5.74, 6) is 4.73. The van der Waals surface area contributed by atoms with E-state index in [9.17, 15) is 0 Å². The number of alkyl halides is 1. The second kappa shape index (κ2) is 12.2. The summed E-state index contributed by atoms with van der Waals surface area (Å²) in [6.07, 6.45) is 1.87. The van der Waals surface area contributed by atoms with Gasteiger partial charge in [-0.1, -0.05) is 43.6 Å². The molecule has 2 aromatic carbocycles. The fourth-order valence-corrected chi connectivity index (χ4v) is 5.00. The average molecular weight is 483 g/mol. The number of thioether (sulfide) groups is 1. The van der Waals surface area contributed by atoms with Crippen molar-refractivity contribution in [3.05, 3.63) is 58.6 Å². The lowest BCUT2D eigenvalue weighted by molar-refractivity contribution is 0.248. The molecule has 0 amide bonds. The maximum absolute atomic E-state index is 6.47. The van der Waals surface area contributed by atoms with E-state index in [2.05, 4.69) is 60.8 Å². The van der Waals surface area contributed by atoms with E-state index in [0.29, 0.717) is 23.3 Å². The van der Waals surface area contributed by atoms with Gasteiger partial charge in [0.1, 0.15) is 11.5 Å². The first-order valence-electron chi connectivity index (χ1n) is 11.0. The molecule has 1 aliphatic rings. The smallest absolute Gasteiger partial charge is 0.137 e. The molecule has 0 atom stereocenters. The summed E-state index contributed by atoms with van der Waals surface area (Å²) in [4.78, 5) is 2.53. The first kappa shape index (κ1) is 24.6. The monoisotopic (exact) mass is 481 g/mol. The Morgan fingerprint density at radius 2 is 1.61 bits per heavy atom. The third kappa shape index (κ3) is 7.21. The van der Waals surface area contributed by atoms with Crippen LogP contribution in [0.3, 0.4) is 0 Å². The number of ether oxygens (including phenoxy) is 2. The summed E-state index contributed by atoms with van der Waals surface area (Å²) < 4.78 is 11.7. The number of halogens is 2. The Morgan fingerprint density at radius 1 is 0.935 bits per heavy atom. The normalized spacial score (nSPS) is 15.1. The number of hydrogen-bond acceptors (Lipinski definition) is 4. The Balaban J connectivity index is 1.54. The van der Waals surface area contributed by atoms with Crippen LogP contribution in [0.25, 0.3) is 0 Å². The lowest BCUT2D eigenvalue weighted by Crippen LogP contribution is -2.33. The van der Waals surface area contributed by atoms with Crippen molar-refractivity contribution in [3.8, 4) is 11.5 Å². The van der Waals surface area contributed by atoms with Crippen LogP contribution in [0, 0.1) is 0 Å². The van der Waals surface area contributed by atoms with E-state index >= 15 is 0 Å². The Morgan fingerprint density at radius 3 is 2.29 bits per heavy atom. The summed E-state index contributed by atoms with van der Waals surface area (Å²) in [6.45, 7) is 9.28. The highest BCUT2D eigenvalue weighted by atomic mass is 35.5. The van der Waals surface area contributed by atoms with Crippen molar-refractivity contribution >= 4 is 35.0 Å². The number of hydrogen-bond donors (Lipinski definition) is 0. The Labute approximate surface area is 201 Å². The highest BCUT2D eigenvalue weighted by Gasteiger charge is 2.24. The van der Waals surface area contributed by atoms with Crippen LogP contribution >= 0.6 is 35.0 Å². The van der Waals surface area contributed by atoms with Crippen molar-refractivity contribution in [2.24, 2.45) is 0 Å². The maximum Gasteiger partial charge on any atom is 0.137 e. The topological polar surface area (TPSA) is 21.7 Å². The van der Waals surface area contributed by atoms with Crippen molar-refractivity contribution < 1.29 is 9.47 Å². The third-order valence-corrected chi connectivity index (χ3v) is 7.26. The van der Waals surface area contributed by atoms with Crippen LogP contribution in [0.4, 0.5) is 0 Å². The first-order valence-corrected chi connectivity index (χ1v) is 13.1. The van der Waals surface area contributed by atoms with Gasteiger partial charge in [-0.2, -0.15) is 11.8 Å². The fraction of sp³-hybridized carbons (Fsp3) is 0.520. The summed E-state index contributed by atoms with van der Waals surface area (Å²) in [5, 5.41) is 0.632. The highest BCUT2D eigenvalue weighted by molar-refractivity contribution is 7.99. The molecule has 0 aliphatic carbocycles. The predicted octanol–water partition coefficient (Wildman–Crippen LogP) is 6.49. The molecule has 0 bridgehead atoms. The quantitative estimate of drug-likeness (QED) is 0.270. The molecule has 170 valence electrons. The van der Waals surface area contributed by atoms with E-state index in [1.807, 2.05) is 12.1 Å². The molecule has 0 spiro atoms. The molecule has 0 aromatic heterocycles.